The molecule has 0 bridgehead atoms. The minimum atomic E-state index is -0.842. The van der Waals surface area contributed by atoms with Crippen LogP contribution in [0.4, 0.5) is 0 Å². The van der Waals surface area contributed by atoms with Gasteiger partial charge in [-0.3, -0.25) is 14.4 Å². The zero-order valence-electron chi connectivity index (χ0n) is 12.0. The molecule has 112 valence electrons. The smallest absolute Gasteiger partial charge is 0.317 e. The van der Waals surface area contributed by atoms with Crippen LogP contribution in [0.2, 0.25) is 0 Å². The number of ether oxygens (including phenoxy) is 1. The minimum absolute atomic E-state index is 0.0177. The van der Waals surface area contributed by atoms with Gasteiger partial charge >= 0.3 is 5.97 Å². The molecule has 0 unspecified atom stereocenters. The molecule has 0 saturated carbocycles. The van der Waals surface area contributed by atoms with E-state index in [2.05, 4.69) is 0 Å². The molecule has 0 aromatic heterocycles. The lowest BCUT2D eigenvalue weighted by atomic mass is 9.92. The second-order valence-corrected chi connectivity index (χ2v) is 6.89. The van der Waals surface area contributed by atoms with E-state index >= 15 is 0 Å². The van der Waals surface area contributed by atoms with Crippen LogP contribution < -0.4 is 0 Å². The molecule has 0 aromatic rings. The SMILES string of the molecule is CCOC(=O)[C@H]1C(=O)C=C(SCC)[C@@H]1CC(=O)SCC. The standard InChI is InChI=1S/C14H20O4S2/c1-4-18-14(17)13-9(7-12(16)20-6-3)11(19-5-2)8-10(13)15/h8-9,13H,4-7H2,1-3H3/t9-,13+/m0/s1. The van der Waals surface area contributed by atoms with Crippen molar-refractivity contribution < 1.29 is 19.1 Å². The zero-order valence-corrected chi connectivity index (χ0v) is 13.6. The van der Waals surface area contributed by atoms with E-state index in [1.807, 2.05) is 13.8 Å². The van der Waals surface area contributed by atoms with Gasteiger partial charge in [0, 0.05) is 12.3 Å². The van der Waals surface area contributed by atoms with Crippen LogP contribution >= 0.6 is 23.5 Å². The molecule has 1 rings (SSSR count). The first-order valence-corrected chi connectivity index (χ1v) is 8.72. The Morgan fingerprint density at radius 3 is 2.50 bits per heavy atom. The number of ketones is 1. The van der Waals surface area contributed by atoms with E-state index in [9.17, 15) is 14.4 Å². The summed E-state index contributed by atoms with van der Waals surface area (Å²) in [5.41, 5.74) is 0. The van der Waals surface area contributed by atoms with Gasteiger partial charge < -0.3 is 4.74 Å². The molecular weight excluding hydrogens is 296 g/mol. The van der Waals surface area contributed by atoms with Gasteiger partial charge in [0.25, 0.3) is 0 Å². The molecule has 0 N–H and O–H groups in total. The van der Waals surface area contributed by atoms with E-state index in [0.717, 1.165) is 10.7 Å². The van der Waals surface area contributed by atoms with Crippen LogP contribution in [0.15, 0.2) is 11.0 Å². The van der Waals surface area contributed by atoms with E-state index in [-0.39, 0.29) is 29.8 Å². The summed E-state index contributed by atoms with van der Waals surface area (Å²) >= 11 is 2.75. The van der Waals surface area contributed by atoms with Crippen LogP contribution in [0, 0.1) is 11.8 Å². The van der Waals surface area contributed by atoms with Crippen LogP contribution in [0.25, 0.3) is 0 Å². The van der Waals surface area contributed by atoms with Crippen molar-refractivity contribution in [2.45, 2.75) is 27.2 Å². The summed E-state index contributed by atoms with van der Waals surface area (Å²) in [5, 5.41) is 0.0177. The van der Waals surface area contributed by atoms with Gasteiger partial charge in [-0.25, -0.2) is 0 Å². The van der Waals surface area contributed by atoms with Crippen LogP contribution in [0.1, 0.15) is 27.2 Å². The Balaban J connectivity index is 2.88. The second-order valence-electron chi connectivity index (χ2n) is 4.23. The molecule has 0 heterocycles. The molecule has 2 atom stereocenters. The lowest BCUT2D eigenvalue weighted by molar-refractivity contribution is -0.151. The summed E-state index contributed by atoms with van der Waals surface area (Å²) < 4.78 is 4.97. The van der Waals surface area contributed by atoms with Crippen LogP contribution in [-0.4, -0.2) is 35.0 Å². The summed E-state index contributed by atoms with van der Waals surface area (Å²) in [4.78, 5) is 36.6. The molecule has 0 spiro atoms. The van der Waals surface area contributed by atoms with Gasteiger partial charge in [0.2, 0.25) is 0 Å². The molecule has 1 aliphatic rings. The third-order valence-electron chi connectivity index (χ3n) is 2.90. The number of carbonyl (C=O) groups is 3. The van der Waals surface area contributed by atoms with Gasteiger partial charge in [-0.2, -0.15) is 0 Å². The van der Waals surface area contributed by atoms with Gasteiger partial charge in [-0.1, -0.05) is 25.6 Å². The number of carbonyl (C=O) groups excluding carboxylic acids is 3. The average molecular weight is 316 g/mol. The predicted molar refractivity (Wildman–Crippen MR) is 82.6 cm³/mol. The van der Waals surface area contributed by atoms with Crippen molar-refractivity contribution in [3.05, 3.63) is 11.0 Å². The molecule has 0 aromatic carbocycles. The Hall–Kier alpha value is -0.750. The summed E-state index contributed by atoms with van der Waals surface area (Å²) in [6, 6.07) is 0. The third-order valence-corrected chi connectivity index (χ3v) is 4.72. The maximum Gasteiger partial charge on any atom is 0.317 e. The second kappa shape index (κ2) is 8.52. The predicted octanol–water partition coefficient (Wildman–Crippen LogP) is 2.67. The van der Waals surface area contributed by atoms with Gasteiger partial charge in [0.15, 0.2) is 10.9 Å². The fourth-order valence-electron chi connectivity index (χ4n) is 2.15. The summed E-state index contributed by atoms with van der Waals surface area (Å²) in [7, 11) is 0. The van der Waals surface area contributed by atoms with Crippen molar-refractivity contribution in [3.8, 4) is 0 Å². The number of hydrogen-bond donors (Lipinski definition) is 0. The highest BCUT2D eigenvalue weighted by Gasteiger charge is 2.43. The molecule has 4 nitrogen and oxygen atoms in total. The Morgan fingerprint density at radius 2 is 1.95 bits per heavy atom. The lowest BCUT2D eigenvalue weighted by Gasteiger charge is -2.19. The molecule has 20 heavy (non-hydrogen) atoms. The number of thioether (sulfide) groups is 2. The Labute approximate surface area is 128 Å². The molecule has 0 amide bonds. The van der Waals surface area contributed by atoms with Crippen molar-refractivity contribution in [2.24, 2.45) is 11.8 Å². The maximum absolute atomic E-state index is 12.0. The molecule has 6 heteroatoms. The number of esters is 1. The zero-order chi connectivity index (χ0) is 15.1. The molecule has 0 fully saturated rings. The van der Waals surface area contributed by atoms with Gasteiger partial charge in [0.1, 0.15) is 5.92 Å². The highest BCUT2D eigenvalue weighted by atomic mass is 32.2. The monoisotopic (exact) mass is 316 g/mol. The minimum Gasteiger partial charge on any atom is -0.465 e. The van der Waals surface area contributed by atoms with Crippen molar-refractivity contribution in [1.82, 2.24) is 0 Å². The topological polar surface area (TPSA) is 60.4 Å². The Morgan fingerprint density at radius 1 is 1.25 bits per heavy atom. The number of hydrogen-bond acceptors (Lipinski definition) is 6. The molecular formula is C14H20O4S2. The largest absolute Gasteiger partial charge is 0.465 e. The van der Waals surface area contributed by atoms with E-state index < -0.39 is 11.9 Å². The number of allylic oxidation sites excluding steroid dienone is 2. The van der Waals surface area contributed by atoms with Crippen LogP contribution in [0.3, 0.4) is 0 Å². The summed E-state index contributed by atoms with van der Waals surface area (Å²) in [5.74, 6) is -0.439. The van der Waals surface area contributed by atoms with Gasteiger partial charge in [-0.15, -0.1) is 11.8 Å². The normalized spacial score (nSPS) is 21.8. The van der Waals surface area contributed by atoms with Gasteiger partial charge in [0.05, 0.1) is 6.61 Å². The highest BCUT2D eigenvalue weighted by molar-refractivity contribution is 8.13. The fourth-order valence-corrected chi connectivity index (χ4v) is 3.73. The summed E-state index contributed by atoms with van der Waals surface area (Å²) in [6.45, 7) is 5.83. The number of rotatable bonds is 7. The van der Waals surface area contributed by atoms with E-state index in [1.54, 1.807) is 6.92 Å². The molecule has 0 radical (unpaired) electrons. The Kier molecular flexibility index (Phi) is 7.37. The van der Waals surface area contributed by atoms with E-state index in [4.69, 9.17) is 4.74 Å². The van der Waals surface area contributed by atoms with Crippen molar-refractivity contribution >= 4 is 40.4 Å². The van der Waals surface area contributed by atoms with Crippen LogP contribution in [0.5, 0.6) is 0 Å². The molecule has 1 aliphatic carbocycles. The Bertz CT molecular complexity index is 417. The van der Waals surface area contributed by atoms with E-state index in [0.29, 0.717) is 5.75 Å². The van der Waals surface area contributed by atoms with Crippen molar-refractivity contribution in [1.29, 1.82) is 0 Å². The lowest BCUT2D eigenvalue weighted by Crippen LogP contribution is -2.29. The average Bonchev–Trinajstić information content (AvgIpc) is 2.66. The molecule has 0 saturated heterocycles. The maximum atomic E-state index is 12.0. The van der Waals surface area contributed by atoms with Gasteiger partial charge in [-0.05, 0) is 29.4 Å². The summed E-state index contributed by atoms with van der Waals surface area (Å²) in [6.07, 6.45) is 1.72. The quantitative estimate of drug-likeness (QED) is 0.531. The van der Waals surface area contributed by atoms with Crippen molar-refractivity contribution in [3.63, 3.8) is 0 Å². The van der Waals surface area contributed by atoms with E-state index in [1.165, 1.54) is 29.6 Å². The highest BCUT2D eigenvalue weighted by Crippen LogP contribution is 2.40. The fraction of sp³-hybridized carbons (Fsp3) is 0.643. The molecule has 0 aliphatic heterocycles. The first kappa shape index (κ1) is 17.3. The van der Waals surface area contributed by atoms with Crippen LogP contribution in [-0.2, 0) is 19.1 Å². The first-order valence-electron chi connectivity index (χ1n) is 6.75. The third kappa shape index (κ3) is 4.38. The van der Waals surface area contributed by atoms with Crippen molar-refractivity contribution in [2.75, 3.05) is 18.1 Å². The first-order chi connectivity index (χ1) is 9.54.